The zero-order chi connectivity index (χ0) is 13.0. The van der Waals surface area contributed by atoms with Crippen molar-refractivity contribution in [3.05, 3.63) is 44.1 Å². The molecule has 0 unspecified atom stereocenters. The summed E-state index contributed by atoms with van der Waals surface area (Å²) in [5.74, 6) is 0. The van der Waals surface area contributed by atoms with Crippen molar-refractivity contribution in [2.75, 3.05) is 0 Å². The van der Waals surface area contributed by atoms with E-state index in [1.807, 2.05) is 26.0 Å². The molecule has 0 atom stereocenters. The molecule has 0 bridgehead atoms. The highest BCUT2D eigenvalue weighted by Crippen LogP contribution is 2.17. The van der Waals surface area contributed by atoms with Crippen molar-refractivity contribution in [3.8, 4) is 0 Å². The van der Waals surface area contributed by atoms with Crippen molar-refractivity contribution in [2.45, 2.75) is 13.8 Å². The smallest absolute Gasteiger partial charge is 0.307 e. The van der Waals surface area contributed by atoms with Gasteiger partial charge in [0, 0.05) is 7.05 Å². The highest BCUT2D eigenvalue weighted by Gasteiger charge is 2.13. The number of nitrogens with zero attached hydrogens (tertiary/aromatic N) is 3. The maximum absolute atomic E-state index is 12.1. The summed E-state index contributed by atoms with van der Waals surface area (Å²) in [6, 6.07) is 3.80. The molecule has 92 valence electrons. The van der Waals surface area contributed by atoms with Crippen LogP contribution in [0, 0.1) is 13.8 Å². The number of aromatic amines is 1. The number of H-pyrrole nitrogens is 1. The molecule has 0 spiro atoms. The van der Waals surface area contributed by atoms with Crippen LogP contribution in [-0.2, 0) is 7.05 Å². The van der Waals surface area contributed by atoms with Crippen LogP contribution in [0.3, 0.4) is 0 Å². The molecule has 1 N–H and O–H groups in total. The molecule has 2 heterocycles. The fraction of sp³-hybridized carbons (Fsp3) is 0.250. The third-order valence-corrected chi connectivity index (χ3v) is 3.36. The summed E-state index contributed by atoms with van der Waals surface area (Å²) in [4.78, 5) is 23.8. The lowest BCUT2D eigenvalue weighted by molar-refractivity contribution is 0.891. The average Bonchev–Trinajstić information content (AvgIpc) is 2.71. The van der Waals surface area contributed by atoms with E-state index in [9.17, 15) is 9.59 Å². The van der Waals surface area contributed by atoms with Crippen LogP contribution in [-0.4, -0.2) is 19.2 Å². The Morgan fingerprint density at radius 1 is 1.11 bits per heavy atom. The molecule has 6 nitrogen and oxygen atoms in total. The van der Waals surface area contributed by atoms with E-state index in [0.717, 1.165) is 16.6 Å². The van der Waals surface area contributed by atoms with E-state index in [0.29, 0.717) is 5.52 Å². The van der Waals surface area contributed by atoms with Crippen LogP contribution in [0.15, 0.2) is 21.7 Å². The molecular formula is C12H12N4O2. The molecule has 2 aromatic heterocycles. The van der Waals surface area contributed by atoms with E-state index in [2.05, 4.69) is 10.2 Å². The van der Waals surface area contributed by atoms with Gasteiger partial charge < -0.3 is 4.57 Å². The second-order valence-electron chi connectivity index (χ2n) is 4.48. The first-order chi connectivity index (χ1) is 8.50. The van der Waals surface area contributed by atoms with Gasteiger partial charge in [0.25, 0.3) is 5.56 Å². The third-order valence-electron chi connectivity index (χ3n) is 3.36. The van der Waals surface area contributed by atoms with Crippen molar-refractivity contribution in [1.29, 1.82) is 0 Å². The quantitative estimate of drug-likeness (QED) is 0.625. The molecule has 0 saturated heterocycles. The molecular weight excluding hydrogens is 232 g/mol. The summed E-state index contributed by atoms with van der Waals surface area (Å²) in [5, 5.41) is 6.09. The number of nitrogens with one attached hydrogen (secondary N) is 1. The predicted octanol–water partition coefficient (Wildman–Crippen LogP) is 0.491. The van der Waals surface area contributed by atoms with E-state index in [4.69, 9.17) is 0 Å². The Morgan fingerprint density at radius 2 is 1.72 bits per heavy atom. The molecule has 0 aliphatic carbocycles. The molecule has 3 rings (SSSR count). The van der Waals surface area contributed by atoms with E-state index >= 15 is 0 Å². The van der Waals surface area contributed by atoms with Crippen LogP contribution in [0.2, 0.25) is 0 Å². The summed E-state index contributed by atoms with van der Waals surface area (Å²) in [7, 11) is 1.68. The van der Waals surface area contributed by atoms with Crippen LogP contribution in [0.5, 0.6) is 0 Å². The van der Waals surface area contributed by atoms with E-state index in [1.54, 1.807) is 7.05 Å². The van der Waals surface area contributed by atoms with Crippen LogP contribution in [0.4, 0.5) is 0 Å². The Morgan fingerprint density at radius 3 is 2.39 bits per heavy atom. The summed E-state index contributed by atoms with van der Waals surface area (Å²) >= 11 is 0. The largest absolute Gasteiger partial charge is 0.348 e. The van der Waals surface area contributed by atoms with Crippen molar-refractivity contribution in [2.24, 2.45) is 7.05 Å². The SMILES string of the molecule is Cc1cc2c(cc1C)n1c(=O)[nH]nc1c(=O)n2C. The first-order valence-corrected chi connectivity index (χ1v) is 5.58. The van der Waals surface area contributed by atoms with Gasteiger partial charge >= 0.3 is 5.69 Å². The number of fused-ring (bicyclic) bond motifs is 3. The van der Waals surface area contributed by atoms with Crippen molar-refractivity contribution < 1.29 is 0 Å². The monoisotopic (exact) mass is 244 g/mol. The third kappa shape index (κ3) is 1.20. The van der Waals surface area contributed by atoms with Crippen LogP contribution < -0.4 is 11.2 Å². The molecule has 0 aliphatic rings. The van der Waals surface area contributed by atoms with Gasteiger partial charge in [0.05, 0.1) is 11.0 Å². The van der Waals surface area contributed by atoms with Crippen LogP contribution in [0.25, 0.3) is 16.7 Å². The summed E-state index contributed by atoms with van der Waals surface area (Å²) < 4.78 is 2.83. The molecule has 3 aromatic rings. The number of rotatable bonds is 0. The van der Waals surface area contributed by atoms with Gasteiger partial charge in [-0.15, -0.1) is 5.10 Å². The van der Waals surface area contributed by atoms with E-state index < -0.39 is 5.69 Å². The van der Waals surface area contributed by atoms with Gasteiger partial charge in [0.2, 0.25) is 5.65 Å². The number of aryl methyl sites for hydroxylation is 3. The minimum absolute atomic E-state index is 0.123. The summed E-state index contributed by atoms with van der Waals surface area (Å²) in [6.45, 7) is 3.94. The highest BCUT2D eigenvalue weighted by atomic mass is 16.2. The topological polar surface area (TPSA) is 72.2 Å². The lowest BCUT2D eigenvalue weighted by atomic mass is 10.1. The molecule has 0 amide bonds. The zero-order valence-electron chi connectivity index (χ0n) is 10.3. The lowest BCUT2D eigenvalue weighted by Crippen LogP contribution is -2.23. The Kier molecular flexibility index (Phi) is 1.98. The van der Waals surface area contributed by atoms with E-state index in [-0.39, 0.29) is 11.2 Å². The Balaban J connectivity index is 2.77. The van der Waals surface area contributed by atoms with Crippen LogP contribution >= 0.6 is 0 Å². The summed E-state index contributed by atoms with van der Waals surface area (Å²) in [6.07, 6.45) is 0. The maximum atomic E-state index is 12.1. The first kappa shape index (κ1) is 10.8. The molecule has 18 heavy (non-hydrogen) atoms. The molecule has 0 fully saturated rings. The van der Waals surface area contributed by atoms with Gasteiger partial charge in [-0.1, -0.05) is 0 Å². The molecule has 6 heteroatoms. The van der Waals surface area contributed by atoms with Crippen molar-refractivity contribution in [3.63, 3.8) is 0 Å². The van der Waals surface area contributed by atoms with Crippen LogP contribution in [0.1, 0.15) is 11.1 Å². The normalized spacial score (nSPS) is 11.5. The second-order valence-corrected chi connectivity index (χ2v) is 4.48. The fourth-order valence-corrected chi connectivity index (χ4v) is 2.16. The molecule has 0 aliphatic heterocycles. The standard InChI is InChI=1S/C12H12N4O2/c1-6-4-8-9(5-7(6)2)16-10(11(17)15(8)3)13-14-12(16)18/h4-5H,1-3H3,(H,14,18). The number of hydrogen-bond acceptors (Lipinski definition) is 3. The van der Waals surface area contributed by atoms with Gasteiger partial charge in [-0.3, -0.25) is 4.79 Å². The Hall–Kier alpha value is -2.37. The minimum Gasteiger partial charge on any atom is -0.307 e. The van der Waals surface area contributed by atoms with Gasteiger partial charge in [0.15, 0.2) is 0 Å². The number of aromatic nitrogens is 4. The molecule has 0 radical (unpaired) electrons. The second kappa shape index (κ2) is 3.32. The maximum Gasteiger partial charge on any atom is 0.348 e. The minimum atomic E-state index is -0.393. The van der Waals surface area contributed by atoms with Crippen molar-refractivity contribution in [1.82, 2.24) is 19.2 Å². The first-order valence-electron chi connectivity index (χ1n) is 5.58. The molecule has 1 aromatic carbocycles. The highest BCUT2D eigenvalue weighted by molar-refractivity contribution is 5.79. The zero-order valence-corrected chi connectivity index (χ0v) is 10.3. The van der Waals surface area contributed by atoms with Gasteiger partial charge in [-0.05, 0) is 37.1 Å². The Bertz CT molecular complexity index is 898. The average molecular weight is 244 g/mol. The van der Waals surface area contributed by atoms with Gasteiger partial charge in [0.1, 0.15) is 0 Å². The predicted molar refractivity (Wildman–Crippen MR) is 68.0 cm³/mol. The number of hydrogen-bond donors (Lipinski definition) is 1. The van der Waals surface area contributed by atoms with Gasteiger partial charge in [-0.2, -0.15) is 0 Å². The van der Waals surface area contributed by atoms with Gasteiger partial charge in [-0.25, -0.2) is 14.3 Å². The molecule has 0 saturated carbocycles. The van der Waals surface area contributed by atoms with Crippen molar-refractivity contribution >= 4 is 16.7 Å². The number of benzene rings is 1. The van der Waals surface area contributed by atoms with E-state index in [1.165, 1.54) is 8.97 Å². The fourth-order valence-electron chi connectivity index (χ4n) is 2.16. The lowest BCUT2D eigenvalue weighted by Gasteiger charge is -2.09. The Labute approximate surface area is 101 Å². The summed E-state index contributed by atoms with van der Waals surface area (Å²) in [5.41, 5.74) is 3.00.